The summed E-state index contributed by atoms with van der Waals surface area (Å²) in [6.07, 6.45) is 5.37. The number of piperidine rings is 1. The smallest absolute Gasteiger partial charge is 0.351 e. The Labute approximate surface area is 181 Å². The number of hydrogen-bond donors (Lipinski definition) is 0. The second-order valence-corrected chi connectivity index (χ2v) is 8.28. The lowest BCUT2D eigenvalue weighted by Crippen LogP contribution is -2.35. The Morgan fingerprint density at radius 3 is 2.42 bits per heavy atom. The SMILES string of the molecule is O=[N+]([O-])c1c(N2CCC(Cc3ccccc3)CC2)ncnc1N1CCc2ccccc21. The predicted octanol–water partition coefficient (Wildman–Crippen LogP) is 4.54. The van der Waals surface area contributed by atoms with Gasteiger partial charge in [-0.15, -0.1) is 0 Å². The van der Waals surface area contributed by atoms with E-state index in [-0.39, 0.29) is 10.6 Å². The molecule has 0 unspecified atom stereocenters. The summed E-state index contributed by atoms with van der Waals surface area (Å²) < 4.78 is 0. The molecule has 3 heterocycles. The summed E-state index contributed by atoms with van der Waals surface area (Å²) in [6, 6.07) is 18.6. The van der Waals surface area contributed by atoms with Gasteiger partial charge in [-0.1, -0.05) is 48.5 Å². The van der Waals surface area contributed by atoms with Gasteiger partial charge >= 0.3 is 5.69 Å². The average molecular weight is 415 g/mol. The van der Waals surface area contributed by atoms with Crippen LogP contribution in [0.2, 0.25) is 0 Å². The van der Waals surface area contributed by atoms with Gasteiger partial charge in [0.2, 0.25) is 11.6 Å². The molecule has 1 aromatic heterocycles. The lowest BCUT2D eigenvalue weighted by Gasteiger charge is -2.33. The highest BCUT2D eigenvalue weighted by Gasteiger charge is 2.34. The molecule has 31 heavy (non-hydrogen) atoms. The first kappa shape index (κ1) is 19.5. The Balaban J connectivity index is 1.38. The molecule has 2 aliphatic heterocycles. The topological polar surface area (TPSA) is 75.4 Å². The van der Waals surface area contributed by atoms with E-state index in [9.17, 15) is 10.1 Å². The molecule has 0 saturated carbocycles. The van der Waals surface area contributed by atoms with Crippen LogP contribution in [0.1, 0.15) is 24.0 Å². The van der Waals surface area contributed by atoms with E-state index < -0.39 is 0 Å². The van der Waals surface area contributed by atoms with Gasteiger partial charge in [0, 0.05) is 25.3 Å². The van der Waals surface area contributed by atoms with Gasteiger partial charge in [0.05, 0.1) is 4.92 Å². The molecule has 0 radical (unpaired) electrons. The first-order chi connectivity index (χ1) is 15.2. The Kier molecular flexibility index (Phi) is 5.24. The Morgan fingerprint density at radius 1 is 0.935 bits per heavy atom. The highest BCUT2D eigenvalue weighted by molar-refractivity contribution is 5.78. The lowest BCUT2D eigenvalue weighted by atomic mass is 9.90. The zero-order valence-corrected chi connectivity index (χ0v) is 17.4. The van der Waals surface area contributed by atoms with Gasteiger partial charge in [0.1, 0.15) is 6.33 Å². The third-order valence-corrected chi connectivity index (χ3v) is 6.39. The second kappa shape index (κ2) is 8.34. The van der Waals surface area contributed by atoms with E-state index >= 15 is 0 Å². The maximum absolute atomic E-state index is 12.1. The summed E-state index contributed by atoms with van der Waals surface area (Å²) in [5.41, 5.74) is 3.56. The summed E-state index contributed by atoms with van der Waals surface area (Å²) in [5, 5.41) is 12.1. The fraction of sp³-hybridized carbons (Fsp3) is 0.333. The Morgan fingerprint density at radius 2 is 1.65 bits per heavy atom. The minimum atomic E-state index is -0.318. The van der Waals surface area contributed by atoms with Crippen LogP contribution in [0.5, 0.6) is 0 Å². The third-order valence-electron chi connectivity index (χ3n) is 6.39. The van der Waals surface area contributed by atoms with Crippen LogP contribution < -0.4 is 9.80 Å². The molecule has 1 fully saturated rings. The summed E-state index contributed by atoms with van der Waals surface area (Å²) in [6.45, 7) is 2.23. The van der Waals surface area contributed by atoms with Crippen molar-refractivity contribution in [2.75, 3.05) is 29.4 Å². The van der Waals surface area contributed by atoms with Crippen LogP contribution in [-0.4, -0.2) is 34.5 Å². The van der Waals surface area contributed by atoms with Crippen molar-refractivity contribution in [1.29, 1.82) is 0 Å². The van der Waals surface area contributed by atoms with Gasteiger partial charge in [-0.05, 0) is 48.8 Å². The van der Waals surface area contributed by atoms with Gasteiger partial charge in [0.15, 0.2) is 0 Å². The van der Waals surface area contributed by atoms with Crippen LogP contribution in [0.4, 0.5) is 23.0 Å². The van der Waals surface area contributed by atoms with Crippen molar-refractivity contribution in [1.82, 2.24) is 9.97 Å². The average Bonchev–Trinajstić information content (AvgIpc) is 3.24. The number of fused-ring (bicyclic) bond motifs is 1. The molecule has 0 aliphatic carbocycles. The van der Waals surface area contributed by atoms with Crippen molar-refractivity contribution in [2.24, 2.45) is 5.92 Å². The number of nitro groups is 1. The zero-order chi connectivity index (χ0) is 21.2. The molecule has 5 rings (SSSR count). The number of nitrogens with zero attached hydrogens (tertiary/aromatic N) is 5. The lowest BCUT2D eigenvalue weighted by molar-refractivity contribution is -0.383. The van der Waals surface area contributed by atoms with Crippen LogP contribution in [0.15, 0.2) is 60.9 Å². The summed E-state index contributed by atoms with van der Waals surface area (Å²) in [7, 11) is 0. The molecule has 2 aromatic carbocycles. The number of rotatable bonds is 5. The highest BCUT2D eigenvalue weighted by Crippen LogP contribution is 2.41. The molecule has 7 nitrogen and oxygen atoms in total. The molecule has 0 amide bonds. The number of anilines is 3. The van der Waals surface area contributed by atoms with Crippen molar-refractivity contribution in [2.45, 2.75) is 25.7 Å². The van der Waals surface area contributed by atoms with Crippen LogP contribution in [-0.2, 0) is 12.8 Å². The number of aromatic nitrogens is 2. The third kappa shape index (κ3) is 3.83. The van der Waals surface area contributed by atoms with E-state index in [2.05, 4.69) is 45.2 Å². The van der Waals surface area contributed by atoms with E-state index in [1.54, 1.807) is 0 Å². The normalized spacial score (nSPS) is 16.4. The van der Waals surface area contributed by atoms with Gasteiger partial charge in [-0.25, -0.2) is 9.97 Å². The fourth-order valence-electron chi connectivity index (χ4n) is 4.81. The van der Waals surface area contributed by atoms with Crippen molar-refractivity contribution >= 4 is 23.0 Å². The maximum atomic E-state index is 12.1. The molecule has 7 heteroatoms. The van der Waals surface area contributed by atoms with Crippen LogP contribution >= 0.6 is 0 Å². The molecule has 158 valence electrons. The summed E-state index contributed by atoms with van der Waals surface area (Å²) in [5.74, 6) is 1.42. The van der Waals surface area contributed by atoms with Gasteiger partial charge in [-0.2, -0.15) is 0 Å². The molecule has 0 atom stereocenters. The second-order valence-electron chi connectivity index (χ2n) is 8.28. The largest absolute Gasteiger partial charge is 0.353 e. The highest BCUT2D eigenvalue weighted by atomic mass is 16.6. The minimum absolute atomic E-state index is 0.0145. The van der Waals surface area contributed by atoms with Gasteiger partial charge in [0.25, 0.3) is 0 Å². The van der Waals surface area contributed by atoms with Crippen LogP contribution in [0, 0.1) is 16.0 Å². The van der Waals surface area contributed by atoms with Gasteiger partial charge < -0.3 is 9.80 Å². The standard InChI is InChI=1S/C24H25N5O2/c30-29(31)22-23(27-13-10-19(11-14-27)16-18-6-2-1-3-7-18)25-17-26-24(22)28-15-12-20-8-4-5-9-21(20)28/h1-9,17,19H,10-16H2. The number of para-hydroxylation sites is 1. The molecule has 1 saturated heterocycles. The van der Waals surface area contributed by atoms with E-state index in [0.29, 0.717) is 24.1 Å². The van der Waals surface area contributed by atoms with Crippen molar-refractivity contribution in [3.05, 3.63) is 82.2 Å². The first-order valence-electron chi connectivity index (χ1n) is 10.8. The fourth-order valence-corrected chi connectivity index (χ4v) is 4.81. The van der Waals surface area contributed by atoms with Crippen LogP contribution in [0.3, 0.4) is 0 Å². The molecule has 0 N–H and O–H groups in total. The van der Waals surface area contributed by atoms with E-state index in [1.165, 1.54) is 17.5 Å². The molecular formula is C24H25N5O2. The minimum Gasteiger partial charge on any atom is -0.351 e. The summed E-state index contributed by atoms with van der Waals surface area (Å²) >= 11 is 0. The predicted molar refractivity (Wildman–Crippen MR) is 121 cm³/mol. The van der Waals surface area contributed by atoms with E-state index in [1.807, 2.05) is 29.2 Å². The zero-order valence-electron chi connectivity index (χ0n) is 17.4. The molecule has 0 spiro atoms. The van der Waals surface area contributed by atoms with Crippen molar-refractivity contribution < 1.29 is 4.92 Å². The maximum Gasteiger partial charge on any atom is 0.353 e. The summed E-state index contributed by atoms with van der Waals surface area (Å²) in [4.78, 5) is 24.6. The number of benzene rings is 2. The Bertz CT molecular complexity index is 1080. The quantitative estimate of drug-likeness (QED) is 0.450. The molecule has 0 bridgehead atoms. The number of hydrogen-bond acceptors (Lipinski definition) is 6. The molecule has 3 aromatic rings. The van der Waals surface area contributed by atoms with Crippen LogP contribution in [0.25, 0.3) is 0 Å². The van der Waals surface area contributed by atoms with Crippen molar-refractivity contribution in [3.8, 4) is 0 Å². The monoisotopic (exact) mass is 415 g/mol. The van der Waals surface area contributed by atoms with E-state index in [0.717, 1.165) is 44.5 Å². The molecule has 2 aliphatic rings. The Hall–Kier alpha value is -3.48. The van der Waals surface area contributed by atoms with Crippen molar-refractivity contribution in [3.63, 3.8) is 0 Å². The first-order valence-corrected chi connectivity index (χ1v) is 10.8. The molecular weight excluding hydrogens is 390 g/mol. The van der Waals surface area contributed by atoms with E-state index in [4.69, 9.17) is 0 Å². The van der Waals surface area contributed by atoms with Gasteiger partial charge in [-0.3, -0.25) is 10.1 Å².